The van der Waals surface area contributed by atoms with Crippen molar-refractivity contribution in [1.29, 1.82) is 0 Å². The van der Waals surface area contributed by atoms with E-state index in [1.807, 2.05) is 18.2 Å². The minimum atomic E-state index is -0.387. The van der Waals surface area contributed by atoms with Gasteiger partial charge in [-0.25, -0.2) is 0 Å². The SMILES string of the molecule is O=C(C1CCNC1C(O)=S)N(CCCc1ccccc1Cl)C1CCCCC1. The summed E-state index contributed by atoms with van der Waals surface area (Å²) in [6.07, 6.45) is 8.26. The van der Waals surface area contributed by atoms with E-state index in [2.05, 4.69) is 16.3 Å². The zero-order valence-electron chi connectivity index (χ0n) is 15.7. The molecular formula is C21H29ClN2O2S. The quantitative estimate of drug-likeness (QED) is 0.660. The Bertz CT molecular complexity index is 663. The summed E-state index contributed by atoms with van der Waals surface area (Å²) in [4.78, 5) is 15.4. The molecule has 0 bridgehead atoms. The van der Waals surface area contributed by atoms with Crippen LogP contribution in [0.4, 0.5) is 0 Å². The van der Waals surface area contributed by atoms with Crippen LogP contribution in [0.15, 0.2) is 24.3 Å². The highest BCUT2D eigenvalue weighted by Gasteiger charge is 2.39. The summed E-state index contributed by atoms with van der Waals surface area (Å²) in [7, 11) is 0. The van der Waals surface area contributed by atoms with Crippen molar-refractivity contribution in [2.75, 3.05) is 13.1 Å². The lowest BCUT2D eigenvalue weighted by Gasteiger charge is -2.37. The zero-order chi connectivity index (χ0) is 19.2. The Balaban J connectivity index is 1.67. The van der Waals surface area contributed by atoms with Crippen LogP contribution in [-0.2, 0) is 11.2 Å². The van der Waals surface area contributed by atoms with E-state index in [0.29, 0.717) is 6.04 Å². The number of halogens is 1. The van der Waals surface area contributed by atoms with Gasteiger partial charge >= 0.3 is 0 Å². The second kappa shape index (κ2) is 9.85. The number of aliphatic hydroxyl groups excluding tert-OH is 1. The van der Waals surface area contributed by atoms with Crippen molar-refractivity contribution >= 4 is 34.8 Å². The molecule has 0 radical (unpaired) electrons. The van der Waals surface area contributed by atoms with Crippen LogP contribution in [0.1, 0.15) is 50.5 Å². The van der Waals surface area contributed by atoms with Crippen molar-refractivity contribution in [3.8, 4) is 0 Å². The van der Waals surface area contributed by atoms with E-state index >= 15 is 0 Å². The highest BCUT2D eigenvalue weighted by atomic mass is 35.5. The number of rotatable bonds is 7. The van der Waals surface area contributed by atoms with E-state index in [1.54, 1.807) is 0 Å². The third kappa shape index (κ3) is 5.21. The minimum absolute atomic E-state index is 0.0921. The third-order valence-corrected chi connectivity index (χ3v) is 6.53. The lowest BCUT2D eigenvalue weighted by atomic mass is 9.91. The highest BCUT2D eigenvalue weighted by molar-refractivity contribution is 7.80. The molecule has 148 valence electrons. The number of carbonyl (C=O) groups is 1. The van der Waals surface area contributed by atoms with Gasteiger partial charge in [0.1, 0.15) is 0 Å². The second-order valence-electron chi connectivity index (χ2n) is 7.68. The third-order valence-electron chi connectivity index (χ3n) is 5.91. The molecule has 2 N–H and O–H groups in total. The van der Waals surface area contributed by atoms with Gasteiger partial charge in [0.2, 0.25) is 5.91 Å². The van der Waals surface area contributed by atoms with Gasteiger partial charge in [-0.3, -0.25) is 4.79 Å². The average molecular weight is 409 g/mol. The molecule has 0 aromatic heterocycles. The Morgan fingerprint density at radius 3 is 2.67 bits per heavy atom. The Kier molecular flexibility index (Phi) is 7.50. The van der Waals surface area contributed by atoms with E-state index in [4.69, 9.17) is 23.8 Å². The molecule has 27 heavy (non-hydrogen) atoms. The predicted octanol–water partition coefficient (Wildman–Crippen LogP) is 4.30. The van der Waals surface area contributed by atoms with Crippen molar-refractivity contribution in [3.05, 3.63) is 34.9 Å². The van der Waals surface area contributed by atoms with Crippen molar-refractivity contribution in [3.63, 3.8) is 0 Å². The molecule has 3 rings (SSSR count). The van der Waals surface area contributed by atoms with Crippen LogP contribution in [0.2, 0.25) is 5.02 Å². The van der Waals surface area contributed by atoms with Crippen molar-refractivity contribution in [1.82, 2.24) is 10.2 Å². The lowest BCUT2D eigenvalue weighted by molar-refractivity contribution is -0.138. The first-order chi connectivity index (χ1) is 13.1. The average Bonchev–Trinajstić information content (AvgIpc) is 3.17. The monoisotopic (exact) mass is 408 g/mol. The molecule has 1 heterocycles. The predicted molar refractivity (Wildman–Crippen MR) is 113 cm³/mol. The Hall–Kier alpha value is -1.17. The largest absolute Gasteiger partial charge is 0.501 e. The van der Waals surface area contributed by atoms with Crippen LogP contribution < -0.4 is 5.32 Å². The highest BCUT2D eigenvalue weighted by Crippen LogP contribution is 2.28. The second-order valence-corrected chi connectivity index (χ2v) is 8.51. The summed E-state index contributed by atoms with van der Waals surface area (Å²) < 4.78 is 0. The first-order valence-corrected chi connectivity index (χ1v) is 10.9. The fourth-order valence-corrected chi connectivity index (χ4v) is 4.93. The first kappa shape index (κ1) is 20.6. The Labute approximate surface area is 172 Å². The molecule has 1 aliphatic carbocycles. The number of nitrogens with one attached hydrogen (secondary N) is 1. The number of hydrogen-bond acceptors (Lipinski definition) is 3. The minimum Gasteiger partial charge on any atom is -0.501 e. The van der Waals surface area contributed by atoms with Crippen molar-refractivity contribution in [2.45, 2.75) is 63.5 Å². The van der Waals surface area contributed by atoms with Crippen LogP contribution >= 0.6 is 23.8 Å². The number of amides is 1. The molecule has 0 spiro atoms. The Morgan fingerprint density at radius 2 is 1.96 bits per heavy atom. The Morgan fingerprint density at radius 1 is 1.22 bits per heavy atom. The molecule has 2 atom stereocenters. The van der Waals surface area contributed by atoms with Gasteiger partial charge in [-0.1, -0.05) is 49.1 Å². The van der Waals surface area contributed by atoms with Gasteiger partial charge in [0.15, 0.2) is 5.05 Å². The molecule has 1 saturated carbocycles. The van der Waals surface area contributed by atoms with Gasteiger partial charge in [-0.15, -0.1) is 0 Å². The number of nitrogens with zero attached hydrogens (tertiary/aromatic N) is 1. The summed E-state index contributed by atoms with van der Waals surface area (Å²) in [5, 5.41) is 13.7. The number of aliphatic hydroxyl groups is 1. The summed E-state index contributed by atoms with van der Waals surface area (Å²) in [6, 6.07) is 7.83. The topological polar surface area (TPSA) is 52.6 Å². The first-order valence-electron chi connectivity index (χ1n) is 10.1. The van der Waals surface area contributed by atoms with E-state index in [1.165, 1.54) is 19.3 Å². The van der Waals surface area contributed by atoms with Crippen LogP contribution in [0.3, 0.4) is 0 Å². The van der Waals surface area contributed by atoms with E-state index in [9.17, 15) is 9.90 Å². The van der Waals surface area contributed by atoms with Gasteiger partial charge in [0.25, 0.3) is 0 Å². The van der Waals surface area contributed by atoms with Gasteiger partial charge in [-0.05, 0) is 62.5 Å². The molecule has 2 aliphatic rings. The molecule has 1 saturated heterocycles. The maximum absolute atomic E-state index is 13.4. The fraction of sp³-hybridized carbons (Fsp3) is 0.619. The fourth-order valence-electron chi connectivity index (χ4n) is 4.45. The molecule has 1 aliphatic heterocycles. The van der Waals surface area contributed by atoms with E-state index in [-0.39, 0.29) is 22.9 Å². The van der Waals surface area contributed by atoms with E-state index < -0.39 is 0 Å². The van der Waals surface area contributed by atoms with Gasteiger partial charge in [-0.2, -0.15) is 0 Å². The molecule has 6 heteroatoms. The lowest BCUT2D eigenvalue weighted by Crippen LogP contribution is -2.49. The maximum Gasteiger partial charge on any atom is 0.228 e. The molecule has 1 aromatic rings. The maximum atomic E-state index is 13.4. The number of carbonyl (C=O) groups excluding carboxylic acids is 1. The summed E-state index contributed by atoms with van der Waals surface area (Å²) in [5.74, 6) is -0.0998. The van der Waals surface area contributed by atoms with Crippen LogP contribution in [-0.4, -0.2) is 46.1 Å². The van der Waals surface area contributed by atoms with Crippen LogP contribution in [0.5, 0.6) is 0 Å². The standard InChI is InChI=1S/C21H29ClN2O2S/c22-18-11-5-4-7-15(18)8-6-14-24(16-9-2-1-3-10-16)20(25)17-12-13-23-19(17)21(26)27/h4-5,7,11,16-17,19,23H,1-3,6,8-10,12-14H2,(H,26,27). The van der Waals surface area contributed by atoms with Crippen LogP contribution in [0, 0.1) is 5.92 Å². The summed E-state index contributed by atoms with van der Waals surface area (Å²) in [5.41, 5.74) is 1.13. The summed E-state index contributed by atoms with van der Waals surface area (Å²) >= 11 is 11.2. The molecule has 2 unspecified atom stereocenters. The van der Waals surface area contributed by atoms with Crippen LogP contribution in [0.25, 0.3) is 0 Å². The zero-order valence-corrected chi connectivity index (χ0v) is 17.3. The van der Waals surface area contributed by atoms with E-state index in [0.717, 1.165) is 55.8 Å². The molecular weight excluding hydrogens is 380 g/mol. The van der Waals surface area contributed by atoms with Crippen molar-refractivity contribution < 1.29 is 9.90 Å². The molecule has 2 fully saturated rings. The number of aryl methyl sites for hydroxylation is 1. The summed E-state index contributed by atoms with van der Waals surface area (Å²) in [6.45, 7) is 1.45. The van der Waals surface area contributed by atoms with Gasteiger partial charge in [0.05, 0.1) is 12.0 Å². The smallest absolute Gasteiger partial charge is 0.228 e. The number of thiocarbonyl (C=S) groups is 1. The van der Waals surface area contributed by atoms with Gasteiger partial charge in [0, 0.05) is 17.6 Å². The molecule has 4 nitrogen and oxygen atoms in total. The molecule has 1 aromatic carbocycles. The number of hydrogen-bond donors (Lipinski definition) is 2. The van der Waals surface area contributed by atoms with Gasteiger partial charge < -0.3 is 15.3 Å². The van der Waals surface area contributed by atoms with Crippen molar-refractivity contribution in [2.24, 2.45) is 5.92 Å². The molecule has 1 amide bonds. The number of benzene rings is 1. The normalized spacial score (nSPS) is 23.3.